The SMILES string of the molecule is CCN1C(=O)C(CCNc2cccc(NC(=O)COCCOC)n2)SC1CC(C#N)C(=O)NC(C)(C)CO. The molecule has 3 atom stereocenters. The van der Waals surface area contributed by atoms with Gasteiger partial charge in [-0.25, -0.2) is 4.98 Å². The fourth-order valence-corrected chi connectivity index (χ4v) is 5.27. The molecule has 2 heterocycles. The van der Waals surface area contributed by atoms with Crippen LogP contribution in [0.3, 0.4) is 0 Å². The average molecular weight is 551 g/mol. The second-order valence-corrected chi connectivity index (χ2v) is 10.8. The van der Waals surface area contributed by atoms with Gasteiger partial charge < -0.3 is 35.4 Å². The van der Waals surface area contributed by atoms with Crippen molar-refractivity contribution < 1.29 is 29.0 Å². The van der Waals surface area contributed by atoms with E-state index in [-0.39, 0.29) is 42.1 Å². The third-order valence-corrected chi connectivity index (χ3v) is 7.26. The molecule has 0 bridgehead atoms. The number of ether oxygens (including phenoxy) is 2. The van der Waals surface area contributed by atoms with Gasteiger partial charge in [0.05, 0.1) is 42.1 Å². The van der Waals surface area contributed by atoms with E-state index in [1.165, 1.54) is 11.8 Å². The van der Waals surface area contributed by atoms with Crippen LogP contribution in [0.4, 0.5) is 11.6 Å². The van der Waals surface area contributed by atoms with Crippen LogP contribution in [-0.4, -0.2) is 95.5 Å². The summed E-state index contributed by atoms with van der Waals surface area (Å²) in [6.07, 6.45) is 0.722. The summed E-state index contributed by atoms with van der Waals surface area (Å²) in [5, 5.41) is 26.9. The van der Waals surface area contributed by atoms with Crippen LogP contribution in [0.15, 0.2) is 18.2 Å². The number of rotatable bonds is 16. The maximum atomic E-state index is 13.0. The molecule has 3 unspecified atom stereocenters. The standard InChI is InChI=1S/C25H38N6O6S/c1-5-31-22(13-17(14-26)23(34)30-25(2,3)16-32)38-18(24(31)35)9-10-27-19-7-6-8-20(28-19)29-21(33)15-37-12-11-36-4/h6-8,17-18,22,32H,5,9-13,15-16H2,1-4H3,(H,30,34)(H2,27,28,29,33). The number of nitrogens with zero attached hydrogens (tertiary/aromatic N) is 3. The summed E-state index contributed by atoms with van der Waals surface area (Å²) in [6, 6.07) is 7.23. The van der Waals surface area contributed by atoms with E-state index in [0.29, 0.717) is 44.4 Å². The molecule has 1 aliphatic rings. The Labute approximate surface area is 227 Å². The Kier molecular flexibility index (Phi) is 12.8. The first-order chi connectivity index (χ1) is 18.1. The third kappa shape index (κ3) is 9.75. The minimum atomic E-state index is -0.940. The van der Waals surface area contributed by atoms with Crippen LogP contribution in [0, 0.1) is 17.2 Å². The molecule has 0 saturated carbocycles. The lowest BCUT2D eigenvalue weighted by molar-refractivity contribution is -0.131. The summed E-state index contributed by atoms with van der Waals surface area (Å²) in [5.41, 5.74) is -0.838. The van der Waals surface area contributed by atoms with Crippen molar-refractivity contribution in [2.75, 3.05) is 57.3 Å². The Morgan fingerprint density at radius 3 is 2.71 bits per heavy atom. The van der Waals surface area contributed by atoms with Crippen LogP contribution in [0.1, 0.15) is 33.6 Å². The maximum absolute atomic E-state index is 13.0. The molecule has 0 spiro atoms. The number of amides is 3. The molecular formula is C25H38N6O6S. The summed E-state index contributed by atoms with van der Waals surface area (Å²) >= 11 is 1.45. The van der Waals surface area contributed by atoms with E-state index in [0.717, 1.165) is 0 Å². The number of nitriles is 1. The molecule has 3 amide bonds. The average Bonchev–Trinajstić information content (AvgIpc) is 3.18. The lowest BCUT2D eigenvalue weighted by atomic mass is 10.0. The number of carbonyl (C=O) groups excluding carboxylic acids is 3. The van der Waals surface area contributed by atoms with Crippen LogP contribution < -0.4 is 16.0 Å². The number of methoxy groups -OCH3 is 1. The number of hydrogen-bond donors (Lipinski definition) is 4. The topological polar surface area (TPSA) is 166 Å². The van der Waals surface area contributed by atoms with Crippen molar-refractivity contribution in [1.29, 1.82) is 5.26 Å². The van der Waals surface area contributed by atoms with Gasteiger partial charge in [0, 0.05) is 26.6 Å². The molecule has 13 heteroatoms. The fourth-order valence-electron chi connectivity index (χ4n) is 3.68. The number of nitrogens with one attached hydrogen (secondary N) is 3. The Balaban J connectivity index is 1.88. The molecule has 1 saturated heterocycles. The summed E-state index contributed by atoms with van der Waals surface area (Å²) in [4.78, 5) is 43.6. The third-order valence-electron chi connectivity index (χ3n) is 5.73. The summed E-state index contributed by atoms with van der Waals surface area (Å²) < 4.78 is 10.1. The van der Waals surface area contributed by atoms with Crippen LogP contribution in [0.2, 0.25) is 0 Å². The van der Waals surface area contributed by atoms with Crippen molar-refractivity contribution >= 4 is 41.1 Å². The molecule has 0 aromatic carbocycles. The number of pyridine rings is 1. The van der Waals surface area contributed by atoms with Crippen LogP contribution >= 0.6 is 11.8 Å². The zero-order valence-corrected chi connectivity index (χ0v) is 23.2. The molecule has 4 N–H and O–H groups in total. The van der Waals surface area contributed by atoms with Crippen molar-refractivity contribution in [1.82, 2.24) is 15.2 Å². The van der Waals surface area contributed by atoms with E-state index >= 15 is 0 Å². The Morgan fingerprint density at radius 1 is 1.32 bits per heavy atom. The van der Waals surface area contributed by atoms with E-state index in [1.54, 1.807) is 44.1 Å². The molecule has 0 radical (unpaired) electrons. The van der Waals surface area contributed by atoms with Crippen molar-refractivity contribution in [2.45, 2.75) is 49.8 Å². The van der Waals surface area contributed by atoms with Crippen LogP contribution in [0.5, 0.6) is 0 Å². The van der Waals surface area contributed by atoms with Gasteiger partial charge in [-0.05, 0) is 39.3 Å². The normalized spacial score (nSPS) is 18.1. The van der Waals surface area contributed by atoms with Crippen LogP contribution in [0.25, 0.3) is 0 Å². The molecule has 210 valence electrons. The highest BCUT2D eigenvalue weighted by Gasteiger charge is 2.41. The number of aliphatic hydroxyl groups excluding tert-OH is 1. The molecule has 0 aliphatic carbocycles. The molecule has 38 heavy (non-hydrogen) atoms. The summed E-state index contributed by atoms with van der Waals surface area (Å²) in [7, 11) is 1.55. The highest BCUT2D eigenvalue weighted by molar-refractivity contribution is 8.01. The van der Waals surface area contributed by atoms with Gasteiger partial charge in [0.15, 0.2) is 0 Å². The first kappa shape index (κ1) is 31.3. The van der Waals surface area contributed by atoms with Crippen molar-refractivity contribution in [3.8, 4) is 6.07 Å². The van der Waals surface area contributed by atoms with Crippen molar-refractivity contribution in [3.05, 3.63) is 18.2 Å². The molecule has 1 aromatic rings. The molecular weight excluding hydrogens is 512 g/mol. The lowest BCUT2D eigenvalue weighted by Gasteiger charge is -2.27. The number of anilines is 2. The van der Waals surface area contributed by atoms with Gasteiger partial charge in [-0.3, -0.25) is 14.4 Å². The Morgan fingerprint density at radius 2 is 2.05 bits per heavy atom. The number of aromatic nitrogens is 1. The maximum Gasteiger partial charge on any atom is 0.251 e. The van der Waals surface area contributed by atoms with E-state index in [4.69, 9.17) is 9.47 Å². The largest absolute Gasteiger partial charge is 0.394 e. The molecule has 1 aromatic heterocycles. The number of hydrogen-bond acceptors (Lipinski definition) is 10. The first-order valence-electron chi connectivity index (χ1n) is 12.5. The van der Waals surface area contributed by atoms with Gasteiger partial charge in [-0.15, -0.1) is 11.8 Å². The molecule has 12 nitrogen and oxygen atoms in total. The van der Waals surface area contributed by atoms with Gasteiger partial charge in [-0.1, -0.05) is 6.07 Å². The number of carbonyl (C=O) groups is 3. The van der Waals surface area contributed by atoms with Gasteiger partial charge in [0.2, 0.25) is 11.8 Å². The van der Waals surface area contributed by atoms with Crippen LogP contribution in [-0.2, 0) is 23.9 Å². The predicted octanol–water partition coefficient (Wildman–Crippen LogP) is 1.19. The van der Waals surface area contributed by atoms with E-state index in [2.05, 4.69) is 20.9 Å². The van der Waals surface area contributed by atoms with Gasteiger partial charge in [-0.2, -0.15) is 5.26 Å². The Bertz CT molecular complexity index is 987. The molecule has 1 fully saturated rings. The fraction of sp³-hybridized carbons (Fsp3) is 0.640. The van der Waals surface area contributed by atoms with E-state index in [1.807, 2.05) is 13.0 Å². The van der Waals surface area contributed by atoms with Gasteiger partial charge in [0.1, 0.15) is 24.2 Å². The highest BCUT2D eigenvalue weighted by Crippen LogP contribution is 2.37. The first-order valence-corrected chi connectivity index (χ1v) is 13.4. The Hall–Kier alpha value is -2.92. The quantitative estimate of drug-likeness (QED) is 0.220. The highest BCUT2D eigenvalue weighted by atomic mass is 32.2. The number of aliphatic hydroxyl groups is 1. The smallest absolute Gasteiger partial charge is 0.251 e. The molecule has 2 rings (SSSR count). The van der Waals surface area contributed by atoms with E-state index in [9.17, 15) is 24.8 Å². The summed E-state index contributed by atoms with van der Waals surface area (Å²) in [5.74, 6) is -0.822. The second-order valence-electron chi connectivity index (χ2n) is 9.37. The summed E-state index contributed by atoms with van der Waals surface area (Å²) in [6.45, 7) is 6.52. The lowest BCUT2D eigenvalue weighted by Crippen LogP contribution is -2.49. The van der Waals surface area contributed by atoms with Crippen molar-refractivity contribution in [3.63, 3.8) is 0 Å². The van der Waals surface area contributed by atoms with Gasteiger partial charge >= 0.3 is 0 Å². The minimum absolute atomic E-state index is 0.0282. The van der Waals surface area contributed by atoms with E-state index < -0.39 is 17.4 Å². The zero-order chi connectivity index (χ0) is 28.1. The van der Waals surface area contributed by atoms with Crippen molar-refractivity contribution in [2.24, 2.45) is 5.92 Å². The number of thioether (sulfide) groups is 1. The monoisotopic (exact) mass is 550 g/mol. The second kappa shape index (κ2) is 15.5. The molecule has 1 aliphatic heterocycles. The zero-order valence-electron chi connectivity index (χ0n) is 22.4. The minimum Gasteiger partial charge on any atom is -0.394 e. The van der Waals surface area contributed by atoms with Gasteiger partial charge in [0.25, 0.3) is 5.91 Å². The predicted molar refractivity (Wildman–Crippen MR) is 144 cm³/mol.